The highest BCUT2D eigenvalue weighted by Crippen LogP contribution is 2.15. The molecular weight excluding hydrogens is 228 g/mol. The fourth-order valence-corrected chi connectivity index (χ4v) is 1.32. The summed E-state index contributed by atoms with van der Waals surface area (Å²) < 4.78 is 27.4. The number of nitrogens with one attached hydrogen (secondary N) is 1. The summed E-state index contributed by atoms with van der Waals surface area (Å²) in [5.41, 5.74) is 0.233. The minimum atomic E-state index is -0.817. The molecule has 1 aromatic heterocycles. The molecule has 0 bridgehead atoms. The molecule has 0 aliphatic heterocycles. The number of carbonyl (C=O) groups excluding carboxylic acids is 1. The van der Waals surface area contributed by atoms with E-state index in [2.05, 4.69) is 10.4 Å². The van der Waals surface area contributed by atoms with Gasteiger partial charge in [0.05, 0.1) is 17.4 Å². The summed E-state index contributed by atoms with van der Waals surface area (Å²) in [6, 6.07) is 2.94. The zero-order valence-corrected chi connectivity index (χ0v) is 8.95. The second kappa shape index (κ2) is 4.32. The van der Waals surface area contributed by atoms with E-state index in [0.29, 0.717) is 11.6 Å². The van der Waals surface area contributed by atoms with Crippen LogP contribution >= 0.6 is 0 Å². The summed E-state index contributed by atoms with van der Waals surface area (Å²) in [5.74, 6) is -2.01. The van der Waals surface area contributed by atoms with Gasteiger partial charge in [-0.1, -0.05) is 0 Å². The normalized spacial score (nSPS) is 10.3. The Hall–Kier alpha value is -2.24. The van der Waals surface area contributed by atoms with Crippen molar-refractivity contribution in [3.63, 3.8) is 0 Å². The fourth-order valence-electron chi connectivity index (χ4n) is 1.32. The minimum absolute atomic E-state index is 0.0692. The molecule has 0 fully saturated rings. The van der Waals surface area contributed by atoms with Gasteiger partial charge in [0.25, 0.3) is 5.91 Å². The summed E-state index contributed by atoms with van der Waals surface area (Å²) >= 11 is 0. The lowest BCUT2D eigenvalue weighted by atomic mass is 10.2. The molecule has 6 heteroatoms. The first kappa shape index (κ1) is 11.3. The number of nitrogens with zero attached hydrogens (tertiary/aromatic N) is 2. The van der Waals surface area contributed by atoms with Crippen molar-refractivity contribution in [3.05, 3.63) is 47.8 Å². The molecule has 1 aromatic carbocycles. The van der Waals surface area contributed by atoms with E-state index in [4.69, 9.17) is 0 Å². The second-order valence-corrected chi connectivity index (χ2v) is 3.48. The van der Waals surface area contributed by atoms with Crippen LogP contribution in [0, 0.1) is 11.6 Å². The van der Waals surface area contributed by atoms with Gasteiger partial charge in [-0.15, -0.1) is 0 Å². The molecule has 0 spiro atoms. The first-order chi connectivity index (χ1) is 8.06. The molecule has 0 saturated carbocycles. The summed E-state index contributed by atoms with van der Waals surface area (Å²) in [6.45, 7) is 0. The molecule has 0 saturated heterocycles. The molecule has 0 aliphatic carbocycles. The molecule has 2 aromatic rings. The van der Waals surface area contributed by atoms with Crippen LogP contribution in [0.4, 0.5) is 14.5 Å². The quantitative estimate of drug-likeness (QED) is 0.867. The number of aryl methyl sites for hydroxylation is 1. The van der Waals surface area contributed by atoms with Gasteiger partial charge in [-0.3, -0.25) is 9.48 Å². The number of anilines is 1. The largest absolute Gasteiger partial charge is 0.319 e. The van der Waals surface area contributed by atoms with Crippen molar-refractivity contribution in [3.8, 4) is 0 Å². The van der Waals surface area contributed by atoms with Crippen molar-refractivity contribution in [2.75, 3.05) is 5.32 Å². The first-order valence-corrected chi connectivity index (χ1v) is 4.81. The number of carbonyl (C=O) groups is 1. The number of benzene rings is 1. The third-order valence-corrected chi connectivity index (χ3v) is 2.15. The van der Waals surface area contributed by atoms with Crippen LogP contribution in [0.5, 0.6) is 0 Å². The van der Waals surface area contributed by atoms with Crippen LogP contribution in [0.25, 0.3) is 0 Å². The number of rotatable bonds is 2. The van der Waals surface area contributed by atoms with Gasteiger partial charge in [-0.25, -0.2) is 8.78 Å². The van der Waals surface area contributed by atoms with E-state index in [1.165, 1.54) is 23.1 Å². The summed E-state index contributed by atoms with van der Waals surface area (Å²) in [4.78, 5) is 11.6. The third-order valence-electron chi connectivity index (χ3n) is 2.15. The van der Waals surface area contributed by atoms with Crippen LogP contribution in [0.1, 0.15) is 10.4 Å². The Labute approximate surface area is 95.9 Å². The van der Waals surface area contributed by atoms with E-state index in [0.717, 1.165) is 6.07 Å². The number of amides is 1. The standard InChI is InChI=1S/C11H9F2N3O/c1-16-6-7(5-14-16)11(17)15-10-3-2-8(12)4-9(10)13/h2-6H,1H3,(H,15,17). The third kappa shape index (κ3) is 2.47. The Morgan fingerprint density at radius 3 is 2.76 bits per heavy atom. The highest BCUT2D eigenvalue weighted by Gasteiger charge is 2.11. The maximum Gasteiger partial charge on any atom is 0.258 e. The Balaban J connectivity index is 2.18. The number of hydrogen-bond donors (Lipinski definition) is 1. The Bertz CT molecular complexity index is 566. The predicted octanol–water partition coefficient (Wildman–Crippen LogP) is 1.95. The summed E-state index contributed by atoms with van der Waals surface area (Å²) in [7, 11) is 1.66. The number of hydrogen-bond acceptors (Lipinski definition) is 2. The number of aromatic nitrogens is 2. The molecule has 0 aliphatic rings. The van der Waals surface area contributed by atoms with Crippen molar-refractivity contribution < 1.29 is 13.6 Å². The maximum absolute atomic E-state index is 13.3. The molecular formula is C11H9F2N3O. The molecule has 0 radical (unpaired) electrons. The molecule has 88 valence electrons. The lowest BCUT2D eigenvalue weighted by Crippen LogP contribution is -2.12. The zero-order chi connectivity index (χ0) is 12.4. The van der Waals surface area contributed by atoms with Crippen LogP contribution < -0.4 is 5.32 Å². The summed E-state index contributed by atoms with van der Waals surface area (Å²) in [5, 5.41) is 6.15. The van der Waals surface area contributed by atoms with E-state index in [1.807, 2.05) is 0 Å². The molecule has 0 unspecified atom stereocenters. The van der Waals surface area contributed by atoms with Crippen LogP contribution in [-0.2, 0) is 7.05 Å². The van der Waals surface area contributed by atoms with E-state index < -0.39 is 17.5 Å². The molecule has 1 heterocycles. The van der Waals surface area contributed by atoms with E-state index in [1.54, 1.807) is 7.05 Å². The van der Waals surface area contributed by atoms with Gasteiger partial charge in [-0.2, -0.15) is 5.10 Å². The molecule has 0 atom stereocenters. The van der Waals surface area contributed by atoms with Crippen molar-refractivity contribution in [2.24, 2.45) is 7.05 Å². The smallest absolute Gasteiger partial charge is 0.258 e. The van der Waals surface area contributed by atoms with Crippen molar-refractivity contribution in [1.82, 2.24) is 9.78 Å². The number of halogens is 2. The van der Waals surface area contributed by atoms with Gasteiger partial charge in [0.2, 0.25) is 0 Å². The van der Waals surface area contributed by atoms with E-state index in [9.17, 15) is 13.6 Å². The van der Waals surface area contributed by atoms with Crippen molar-refractivity contribution in [1.29, 1.82) is 0 Å². The van der Waals surface area contributed by atoms with Gasteiger partial charge in [0.15, 0.2) is 0 Å². The first-order valence-electron chi connectivity index (χ1n) is 4.81. The van der Waals surface area contributed by atoms with Gasteiger partial charge in [0.1, 0.15) is 11.6 Å². The van der Waals surface area contributed by atoms with Gasteiger partial charge in [0, 0.05) is 19.3 Å². The van der Waals surface area contributed by atoms with Crippen LogP contribution in [0.3, 0.4) is 0 Å². The lowest BCUT2D eigenvalue weighted by molar-refractivity contribution is 0.102. The molecule has 1 amide bonds. The average Bonchev–Trinajstić information content (AvgIpc) is 2.69. The van der Waals surface area contributed by atoms with Crippen LogP contribution in [-0.4, -0.2) is 15.7 Å². The van der Waals surface area contributed by atoms with Gasteiger partial charge >= 0.3 is 0 Å². The monoisotopic (exact) mass is 237 g/mol. The maximum atomic E-state index is 13.3. The second-order valence-electron chi connectivity index (χ2n) is 3.48. The SMILES string of the molecule is Cn1cc(C(=O)Nc2ccc(F)cc2F)cn1. The van der Waals surface area contributed by atoms with Gasteiger partial charge < -0.3 is 5.32 Å². The minimum Gasteiger partial charge on any atom is -0.319 e. The van der Waals surface area contributed by atoms with Crippen molar-refractivity contribution in [2.45, 2.75) is 0 Å². The lowest BCUT2D eigenvalue weighted by Gasteiger charge is -2.04. The van der Waals surface area contributed by atoms with Crippen molar-refractivity contribution >= 4 is 11.6 Å². The van der Waals surface area contributed by atoms with Crippen LogP contribution in [0.2, 0.25) is 0 Å². The fraction of sp³-hybridized carbons (Fsp3) is 0.0909. The average molecular weight is 237 g/mol. The highest BCUT2D eigenvalue weighted by atomic mass is 19.1. The van der Waals surface area contributed by atoms with E-state index >= 15 is 0 Å². The Kier molecular flexibility index (Phi) is 2.86. The predicted molar refractivity (Wildman–Crippen MR) is 57.5 cm³/mol. The van der Waals surface area contributed by atoms with Crippen LogP contribution in [0.15, 0.2) is 30.6 Å². The van der Waals surface area contributed by atoms with Gasteiger partial charge in [-0.05, 0) is 12.1 Å². The zero-order valence-electron chi connectivity index (χ0n) is 8.95. The molecule has 4 nitrogen and oxygen atoms in total. The molecule has 17 heavy (non-hydrogen) atoms. The topological polar surface area (TPSA) is 46.9 Å². The molecule has 1 N–H and O–H groups in total. The summed E-state index contributed by atoms with van der Waals surface area (Å²) in [6.07, 6.45) is 2.85. The highest BCUT2D eigenvalue weighted by molar-refractivity contribution is 6.03. The molecule has 2 rings (SSSR count). The van der Waals surface area contributed by atoms with E-state index in [-0.39, 0.29) is 5.69 Å². The Morgan fingerprint density at radius 1 is 1.41 bits per heavy atom. The Morgan fingerprint density at radius 2 is 2.18 bits per heavy atom.